The van der Waals surface area contributed by atoms with Crippen LogP contribution in [0.25, 0.3) is 0 Å². The molecule has 1 aliphatic carbocycles. The predicted molar refractivity (Wildman–Crippen MR) is 76.0 cm³/mol. The Kier molecular flexibility index (Phi) is 3.34. The first-order valence-electron chi connectivity index (χ1n) is 6.64. The number of fused-ring (bicyclic) bond motifs is 1. The Morgan fingerprint density at radius 2 is 1.95 bits per heavy atom. The molecule has 1 heterocycles. The van der Waals surface area contributed by atoms with E-state index >= 15 is 0 Å². The van der Waals surface area contributed by atoms with Crippen LogP contribution in [0, 0.1) is 6.92 Å². The molecule has 1 amide bonds. The lowest BCUT2D eigenvalue weighted by molar-refractivity contribution is -0.569. The molecule has 1 aromatic carbocycles. The summed E-state index contributed by atoms with van der Waals surface area (Å²) >= 11 is 1.65. The largest absolute Gasteiger partial charge is 0.306 e. The fourth-order valence-corrected chi connectivity index (χ4v) is 3.41. The first-order valence-corrected chi connectivity index (χ1v) is 7.41. The maximum Gasteiger partial charge on any atom is 0.306 e. The Labute approximate surface area is 117 Å². The van der Waals surface area contributed by atoms with E-state index in [2.05, 4.69) is 11.6 Å². The number of hydrogen-bond acceptors (Lipinski definition) is 2. The van der Waals surface area contributed by atoms with E-state index in [4.69, 9.17) is 0 Å². The molecule has 3 nitrogen and oxygen atoms in total. The minimum Gasteiger partial charge on any atom is -0.263 e. The van der Waals surface area contributed by atoms with Gasteiger partial charge in [0.05, 0.1) is 4.88 Å². The highest BCUT2D eigenvalue weighted by molar-refractivity contribution is 7.02. The van der Waals surface area contributed by atoms with E-state index in [0.717, 1.165) is 18.4 Å². The molecular formula is C15H17N2OS+. The lowest BCUT2D eigenvalue weighted by Gasteiger charge is -2.04. The molecule has 0 aliphatic heterocycles. The van der Waals surface area contributed by atoms with Crippen molar-refractivity contribution >= 4 is 17.4 Å². The first kappa shape index (κ1) is 12.4. The van der Waals surface area contributed by atoms with Crippen molar-refractivity contribution in [2.45, 2.75) is 32.6 Å². The first-order chi connectivity index (χ1) is 9.22. The average Bonchev–Trinajstić information content (AvgIpc) is 2.81. The molecule has 98 valence electrons. The van der Waals surface area contributed by atoms with Crippen molar-refractivity contribution in [3.63, 3.8) is 0 Å². The number of carbonyl (C=O) groups excluding carboxylic acids is 1. The van der Waals surface area contributed by atoms with Crippen LogP contribution in [-0.4, -0.2) is 5.91 Å². The number of aryl methyl sites for hydroxylation is 3. The number of benzene rings is 1. The molecule has 2 aromatic rings. The molecule has 0 unspecified atom stereocenters. The molecule has 0 saturated heterocycles. The number of carbonyl (C=O) groups is 1. The van der Waals surface area contributed by atoms with Gasteiger partial charge in [0.15, 0.2) is 11.5 Å². The minimum absolute atomic E-state index is 0.0522. The second kappa shape index (κ2) is 5.13. The highest BCUT2D eigenvalue weighted by atomic mass is 32.1. The van der Waals surface area contributed by atoms with Crippen LogP contribution in [0.2, 0.25) is 0 Å². The third-order valence-corrected chi connectivity index (χ3v) is 4.55. The lowest BCUT2D eigenvalue weighted by atomic mass is 10.0. The summed E-state index contributed by atoms with van der Waals surface area (Å²) in [6.45, 7) is 2.02. The Morgan fingerprint density at radius 3 is 2.68 bits per heavy atom. The van der Waals surface area contributed by atoms with E-state index in [9.17, 15) is 4.79 Å². The van der Waals surface area contributed by atoms with E-state index in [1.54, 1.807) is 11.5 Å². The van der Waals surface area contributed by atoms with Crippen LogP contribution in [0.4, 0.5) is 0 Å². The number of aromatic nitrogens is 1. The molecule has 4 heteroatoms. The summed E-state index contributed by atoms with van der Waals surface area (Å²) in [5, 5.41) is 0. The maximum atomic E-state index is 12.1. The Bertz CT molecular complexity index is 578. The van der Waals surface area contributed by atoms with E-state index in [0.29, 0.717) is 5.56 Å². The molecular weight excluding hydrogens is 256 g/mol. The third-order valence-electron chi connectivity index (χ3n) is 3.47. The highest BCUT2D eigenvalue weighted by Gasteiger charge is 2.21. The van der Waals surface area contributed by atoms with Crippen LogP contribution in [-0.2, 0) is 12.8 Å². The second-order valence-corrected chi connectivity index (χ2v) is 6.08. The number of hydrogen-bond donors (Lipinski definition) is 1. The monoisotopic (exact) mass is 273 g/mol. The Hall–Kier alpha value is -1.68. The van der Waals surface area contributed by atoms with Crippen molar-refractivity contribution in [3.05, 3.63) is 52.0 Å². The van der Waals surface area contributed by atoms with Crippen LogP contribution in [0.3, 0.4) is 0 Å². The van der Waals surface area contributed by atoms with Gasteiger partial charge in [-0.1, -0.05) is 17.7 Å². The standard InChI is InChI=1S/C15H16N2OS/c1-11-6-8-12(9-7-11)15(18)16-17-10-13-4-2-3-5-14(13)19-17/h6-10H,2-5H2,1H3/p+1. The van der Waals surface area contributed by atoms with Crippen molar-refractivity contribution in [2.75, 3.05) is 5.43 Å². The smallest absolute Gasteiger partial charge is 0.263 e. The van der Waals surface area contributed by atoms with E-state index in [-0.39, 0.29) is 5.91 Å². The van der Waals surface area contributed by atoms with Crippen LogP contribution in [0.5, 0.6) is 0 Å². The molecule has 3 rings (SSSR count). The van der Waals surface area contributed by atoms with Crippen molar-refractivity contribution in [3.8, 4) is 0 Å². The van der Waals surface area contributed by atoms with Gasteiger partial charge in [0.2, 0.25) is 6.20 Å². The second-order valence-electron chi connectivity index (χ2n) is 5.01. The molecule has 0 atom stereocenters. The fourth-order valence-electron chi connectivity index (χ4n) is 2.35. The molecule has 0 spiro atoms. The van der Waals surface area contributed by atoms with Crippen LogP contribution >= 0.6 is 11.5 Å². The van der Waals surface area contributed by atoms with E-state index in [1.807, 2.05) is 35.3 Å². The van der Waals surface area contributed by atoms with Gasteiger partial charge in [0.25, 0.3) is 0 Å². The van der Waals surface area contributed by atoms with Crippen LogP contribution in [0.1, 0.15) is 39.2 Å². The quantitative estimate of drug-likeness (QED) is 0.838. The molecule has 1 N–H and O–H groups in total. The summed E-state index contributed by atoms with van der Waals surface area (Å²) in [6.07, 6.45) is 6.87. The van der Waals surface area contributed by atoms with Gasteiger partial charge in [0.1, 0.15) is 0 Å². The van der Waals surface area contributed by atoms with E-state index < -0.39 is 0 Å². The SMILES string of the molecule is Cc1ccc(C(=O)N[n+]2cc3c(s2)CCCC3)cc1. The zero-order valence-corrected chi connectivity index (χ0v) is 11.8. The number of nitrogens with zero attached hydrogens (tertiary/aromatic N) is 1. The third kappa shape index (κ3) is 2.68. The molecule has 1 aromatic heterocycles. The zero-order chi connectivity index (χ0) is 13.2. The fraction of sp³-hybridized carbons (Fsp3) is 0.333. The molecule has 0 radical (unpaired) electrons. The van der Waals surface area contributed by atoms with Crippen LogP contribution < -0.4 is 9.49 Å². The summed E-state index contributed by atoms with van der Waals surface area (Å²) < 4.78 is 1.85. The normalized spacial score (nSPS) is 13.9. The van der Waals surface area contributed by atoms with Gasteiger partial charge in [-0.25, -0.2) is 0 Å². The predicted octanol–water partition coefficient (Wildman–Crippen LogP) is 2.61. The van der Waals surface area contributed by atoms with Gasteiger partial charge in [-0.05, 0) is 48.8 Å². The molecule has 1 aliphatic rings. The van der Waals surface area contributed by atoms with E-state index in [1.165, 1.54) is 23.3 Å². The Balaban J connectivity index is 1.75. The summed E-state index contributed by atoms with van der Waals surface area (Å²) in [7, 11) is 0. The molecule has 0 saturated carbocycles. The zero-order valence-electron chi connectivity index (χ0n) is 11.0. The minimum atomic E-state index is -0.0522. The van der Waals surface area contributed by atoms with Gasteiger partial charge in [-0.3, -0.25) is 4.79 Å². The van der Waals surface area contributed by atoms with Crippen molar-refractivity contribution in [1.82, 2.24) is 0 Å². The van der Waals surface area contributed by atoms with Gasteiger partial charge < -0.3 is 0 Å². The lowest BCUT2D eigenvalue weighted by Crippen LogP contribution is -2.44. The maximum absolute atomic E-state index is 12.1. The number of nitrogens with one attached hydrogen (secondary N) is 1. The summed E-state index contributed by atoms with van der Waals surface area (Å²) in [5.74, 6) is -0.0522. The molecule has 0 bridgehead atoms. The average molecular weight is 273 g/mol. The van der Waals surface area contributed by atoms with Gasteiger partial charge in [0, 0.05) is 11.1 Å². The number of rotatable bonds is 2. The van der Waals surface area contributed by atoms with Crippen molar-refractivity contribution in [2.24, 2.45) is 0 Å². The highest BCUT2D eigenvalue weighted by Crippen LogP contribution is 2.22. The summed E-state index contributed by atoms with van der Waals surface area (Å²) in [5.41, 5.74) is 6.18. The topological polar surface area (TPSA) is 33.0 Å². The van der Waals surface area contributed by atoms with Gasteiger partial charge in [-0.2, -0.15) is 0 Å². The van der Waals surface area contributed by atoms with Gasteiger partial charge in [-0.15, -0.1) is 5.43 Å². The molecule has 0 fully saturated rings. The molecule has 19 heavy (non-hydrogen) atoms. The van der Waals surface area contributed by atoms with Crippen molar-refractivity contribution < 1.29 is 8.86 Å². The summed E-state index contributed by atoms with van der Waals surface area (Å²) in [6, 6.07) is 7.63. The Morgan fingerprint density at radius 1 is 1.21 bits per heavy atom. The van der Waals surface area contributed by atoms with Crippen molar-refractivity contribution in [1.29, 1.82) is 0 Å². The number of amides is 1. The van der Waals surface area contributed by atoms with Crippen LogP contribution in [0.15, 0.2) is 30.5 Å². The summed E-state index contributed by atoms with van der Waals surface area (Å²) in [4.78, 5) is 13.5. The van der Waals surface area contributed by atoms with Gasteiger partial charge >= 0.3 is 5.91 Å².